The normalized spacial score (nSPS) is 13.9. The van der Waals surface area contributed by atoms with Gasteiger partial charge in [0.25, 0.3) is 0 Å². The average molecular weight is 500 g/mol. The zero-order valence-electron chi connectivity index (χ0n) is 21.8. The Morgan fingerprint density at radius 3 is 2.08 bits per heavy atom. The molecule has 1 aromatic carbocycles. The topological polar surface area (TPSA) is 127 Å². The Kier molecular flexibility index (Phi) is 10.3. The van der Waals surface area contributed by atoms with Crippen LogP contribution in [0.1, 0.15) is 64.1 Å². The summed E-state index contributed by atoms with van der Waals surface area (Å²) < 4.78 is 10.5. The van der Waals surface area contributed by atoms with E-state index in [0.717, 1.165) is 5.56 Å². The van der Waals surface area contributed by atoms with E-state index < -0.39 is 41.6 Å². The molecule has 3 amide bonds. The molecule has 0 unspecified atom stereocenters. The fourth-order valence-electron chi connectivity index (χ4n) is 3.48. The third-order valence-corrected chi connectivity index (χ3v) is 5.15. The first-order valence-corrected chi connectivity index (χ1v) is 12.1. The van der Waals surface area contributed by atoms with Crippen LogP contribution in [0, 0.1) is 5.92 Å². The van der Waals surface area contributed by atoms with Gasteiger partial charge in [0.2, 0.25) is 17.6 Å². The number of furan rings is 1. The molecule has 9 heteroatoms. The first-order chi connectivity index (χ1) is 16.9. The zero-order chi connectivity index (χ0) is 26.9. The summed E-state index contributed by atoms with van der Waals surface area (Å²) in [5, 5.41) is 7.97. The largest absolute Gasteiger partial charge is 0.461 e. The molecule has 0 aliphatic rings. The fraction of sp³-hybridized carbons (Fsp3) is 0.481. The maximum absolute atomic E-state index is 13.1. The summed E-state index contributed by atoms with van der Waals surface area (Å²) in [4.78, 5) is 51.2. The van der Waals surface area contributed by atoms with Gasteiger partial charge in [-0.15, -0.1) is 0 Å². The smallest absolute Gasteiger partial charge is 0.408 e. The quantitative estimate of drug-likeness (QED) is 0.405. The van der Waals surface area contributed by atoms with E-state index in [-0.39, 0.29) is 23.9 Å². The lowest BCUT2D eigenvalue weighted by Crippen LogP contribution is -2.55. The minimum absolute atomic E-state index is 0.132. The second kappa shape index (κ2) is 12.9. The molecular formula is C27H37N3O6. The van der Waals surface area contributed by atoms with Crippen molar-refractivity contribution in [3.8, 4) is 0 Å². The van der Waals surface area contributed by atoms with Gasteiger partial charge < -0.3 is 25.1 Å². The molecule has 9 nitrogen and oxygen atoms in total. The number of hydrogen-bond donors (Lipinski definition) is 3. The number of benzene rings is 1. The Morgan fingerprint density at radius 1 is 0.861 bits per heavy atom. The van der Waals surface area contributed by atoms with Gasteiger partial charge in [0.05, 0.1) is 12.3 Å². The van der Waals surface area contributed by atoms with Crippen LogP contribution >= 0.6 is 0 Å². The number of ether oxygens (including phenoxy) is 1. The molecule has 36 heavy (non-hydrogen) atoms. The van der Waals surface area contributed by atoms with Crippen LogP contribution in [0.15, 0.2) is 53.1 Å². The predicted octanol–water partition coefficient (Wildman–Crippen LogP) is 3.63. The van der Waals surface area contributed by atoms with Gasteiger partial charge in [-0.1, -0.05) is 44.2 Å². The van der Waals surface area contributed by atoms with Gasteiger partial charge in [0.1, 0.15) is 17.7 Å². The summed E-state index contributed by atoms with van der Waals surface area (Å²) in [6, 6.07) is 9.60. The number of nitrogens with one attached hydrogen (secondary N) is 3. The van der Waals surface area contributed by atoms with Crippen molar-refractivity contribution in [2.75, 3.05) is 0 Å². The minimum Gasteiger partial charge on any atom is -0.461 e. The lowest BCUT2D eigenvalue weighted by Gasteiger charge is -2.25. The molecule has 2 rings (SSSR count). The zero-order valence-corrected chi connectivity index (χ0v) is 21.8. The lowest BCUT2D eigenvalue weighted by atomic mass is 9.98. The molecule has 0 saturated heterocycles. The van der Waals surface area contributed by atoms with E-state index in [2.05, 4.69) is 16.0 Å². The molecule has 0 fully saturated rings. The number of alkyl carbamates (subject to hydrolysis) is 1. The molecular weight excluding hydrogens is 462 g/mol. The number of carbonyl (C=O) groups is 4. The van der Waals surface area contributed by atoms with E-state index in [4.69, 9.17) is 9.15 Å². The number of amides is 3. The van der Waals surface area contributed by atoms with E-state index >= 15 is 0 Å². The summed E-state index contributed by atoms with van der Waals surface area (Å²) >= 11 is 0. The summed E-state index contributed by atoms with van der Waals surface area (Å²) in [5.74, 6) is -1.13. The van der Waals surface area contributed by atoms with E-state index in [0.29, 0.717) is 6.42 Å². The van der Waals surface area contributed by atoms with Crippen LogP contribution in [0.4, 0.5) is 4.79 Å². The number of rotatable bonds is 11. The number of carbonyl (C=O) groups excluding carboxylic acids is 4. The molecule has 1 heterocycles. The van der Waals surface area contributed by atoms with Crippen molar-refractivity contribution >= 4 is 23.7 Å². The molecule has 2 aromatic rings. The highest BCUT2D eigenvalue weighted by Gasteiger charge is 2.30. The van der Waals surface area contributed by atoms with Gasteiger partial charge in [-0.05, 0) is 57.7 Å². The monoisotopic (exact) mass is 499 g/mol. The molecule has 3 N–H and O–H groups in total. The Bertz CT molecular complexity index is 1010. The van der Waals surface area contributed by atoms with Crippen molar-refractivity contribution < 1.29 is 28.3 Å². The van der Waals surface area contributed by atoms with Crippen LogP contribution in [0.5, 0.6) is 0 Å². The van der Waals surface area contributed by atoms with Crippen LogP contribution in [-0.2, 0) is 20.7 Å². The first kappa shape index (κ1) is 28.6. The second-order valence-corrected chi connectivity index (χ2v) is 10.2. The van der Waals surface area contributed by atoms with Crippen molar-refractivity contribution in [3.63, 3.8) is 0 Å². The molecule has 0 spiro atoms. The molecule has 0 aliphatic heterocycles. The second-order valence-electron chi connectivity index (χ2n) is 10.2. The maximum Gasteiger partial charge on any atom is 0.408 e. The van der Waals surface area contributed by atoms with Crippen molar-refractivity contribution in [1.29, 1.82) is 0 Å². The third-order valence-electron chi connectivity index (χ3n) is 5.15. The number of hydrogen-bond acceptors (Lipinski definition) is 6. The van der Waals surface area contributed by atoms with Crippen LogP contribution in [0.25, 0.3) is 0 Å². The fourth-order valence-corrected chi connectivity index (χ4v) is 3.48. The Morgan fingerprint density at radius 2 is 1.53 bits per heavy atom. The molecule has 1 aromatic heterocycles. The summed E-state index contributed by atoms with van der Waals surface area (Å²) in [6.45, 7) is 10.6. The Balaban J connectivity index is 2.09. The van der Waals surface area contributed by atoms with Crippen molar-refractivity contribution in [1.82, 2.24) is 16.0 Å². The number of ketones is 1. The van der Waals surface area contributed by atoms with Crippen LogP contribution < -0.4 is 16.0 Å². The van der Waals surface area contributed by atoms with Crippen LogP contribution in [0.2, 0.25) is 0 Å². The van der Waals surface area contributed by atoms with Gasteiger partial charge in [-0.3, -0.25) is 14.4 Å². The number of Topliss-reactive ketones (excluding diaryl/α,β-unsaturated/α-hetero) is 1. The molecule has 196 valence electrons. The molecule has 0 bridgehead atoms. The van der Waals surface area contributed by atoms with Gasteiger partial charge >= 0.3 is 6.09 Å². The van der Waals surface area contributed by atoms with Gasteiger partial charge in [0.15, 0.2) is 5.76 Å². The standard InChI is InChI=1S/C27H37N3O6/c1-17(2)15-20(23(31)22-13-10-14-35-22)29-24(32)18(3)28-25(33)21(16-19-11-8-7-9-12-19)30-26(34)36-27(4,5)6/h7-14,17-18,20-21H,15-16H2,1-6H3,(H,28,33)(H,29,32)(H,30,34)/t18-,20-,21-/m0/s1. The molecule has 3 atom stereocenters. The maximum atomic E-state index is 13.1. The SMILES string of the molecule is CC(C)C[C@H](NC(=O)[C@H](C)NC(=O)[C@H](Cc1ccccc1)NC(=O)OC(C)(C)C)C(=O)c1ccco1. The first-order valence-electron chi connectivity index (χ1n) is 12.1. The van der Waals surface area contributed by atoms with E-state index in [9.17, 15) is 19.2 Å². The highest BCUT2D eigenvalue weighted by atomic mass is 16.6. The minimum atomic E-state index is -0.978. The van der Waals surface area contributed by atoms with E-state index in [1.54, 1.807) is 32.9 Å². The summed E-state index contributed by atoms with van der Waals surface area (Å²) in [5.41, 5.74) is 0.0867. The Hall–Kier alpha value is -3.62. The average Bonchev–Trinajstić information content (AvgIpc) is 3.31. The van der Waals surface area contributed by atoms with E-state index in [1.807, 2.05) is 44.2 Å². The summed E-state index contributed by atoms with van der Waals surface area (Å²) in [6.07, 6.45) is 1.27. The van der Waals surface area contributed by atoms with E-state index in [1.165, 1.54) is 13.2 Å². The Labute approximate surface area is 212 Å². The van der Waals surface area contributed by atoms with Crippen molar-refractivity contribution in [2.45, 2.75) is 78.1 Å². The molecule has 0 radical (unpaired) electrons. The highest BCUT2D eigenvalue weighted by molar-refractivity contribution is 6.00. The molecule has 0 saturated carbocycles. The predicted molar refractivity (Wildman–Crippen MR) is 135 cm³/mol. The van der Waals surface area contributed by atoms with Gasteiger partial charge in [-0.2, -0.15) is 0 Å². The van der Waals surface area contributed by atoms with Gasteiger partial charge in [0, 0.05) is 6.42 Å². The lowest BCUT2D eigenvalue weighted by molar-refractivity contribution is -0.129. The van der Waals surface area contributed by atoms with Gasteiger partial charge in [-0.25, -0.2) is 4.79 Å². The van der Waals surface area contributed by atoms with Crippen molar-refractivity contribution in [3.05, 3.63) is 60.1 Å². The third kappa shape index (κ3) is 9.56. The van der Waals surface area contributed by atoms with Crippen LogP contribution in [-0.4, -0.2) is 47.4 Å². The molecule has 0 aliphatic carbocycles. The summed E-state index contributed by atoms with van der Waals surface area (Å²) in [7, 11) is 0. The highest BCUT2D eigenvalue weighted by Crippen LogP contribution is 2.13. The van der Waals surface area contributed by atoms with Crippen molar-refractivity contribution in [2.24, 2.45) is 5.92 Å². The van der Waals surface area contributed by atoms with Crippen LogP contribution in [0.3, 0.4) is 0 Å².